The van der Waals surface area contributed by atoms with Crippen LogP contribution in [0.4, 0.5) is 0 Å². The molecule has 0 aromatic rings. The van der Waals surface area contributed by atoms with Crippen LogP contribution in [0.3, 0.4) is 0 Å². The smallest absolute Gasteiger partial charge is 0.306 e. The lowest BCUT2D eigenvalue weighted by Gasteiger charge is -2.25. The first-order chi connectivity index (χ1) is 8.50. The quantitative estimate of drug-likeness (QED) is 0.789. The minimum atomic E-state index is -0.712. The van der Waals surface area contributed by atoms with E-state index in [0.717, 1.165) is 25.8 Å². The molecule has 0 spiro atoms. The van der Waals surface area contributed by atoms with Gasteiger partial charge in [-0.1, -0.05) is 6.92 Å². The highest BCUT2D eigenvalue weighted by Gasteiger charge is 2.36. The Morgan fingerprint density at radius 2 is 1.72 bits per heavy atom. The van der Waals surface area contributed by atoms with Crippen molar-refractivity contribution in [2.75, 3.05) is 6.54 Å². The Bertz CT molecular complexity index is 328. The number of carboxylic acids is 1. The van der Waals surface area contributed by atoms with E-state index >= 15 is 0 Å². The Kier molecular flexibility index (Phi) is 3.93. The van der Waals surface area contributed by atoms with Gasteiger partial charge in [-0.25, -0.2) is 0 Å². The summed E-state index contributed by atoms with van der Waals surface area (Å²) in [6.45, 7) is 3.03. The summed E-state index contributed by atoms with van der Waals surface area (Å²) >= 11 is 0. The van der Waals surface area contributed by atoms with Crippen LogP contribution >= 0.6 is 0 Å². The first-order valence-electron chi connectivity index (χ1n) is 7.01. The first-order valence-corrected chi connectivity index (χ1v) is 7.01. The van der Waals surface area contributed by atoms with E-state index in [1.165, 1.54) is 12.8 Å². The molecule has 4 heteroatoms. The summed E-state index contributed by atoms with van der Waals surface area (Å²) < 4.78 is 0. The van der Waals surface area contributed by atoms with Crippen molar-refractivity contribution in [1.82, 2.24) is 5.32 Å². The Hall–Kier alpha value is -1.06. The highest BCUT2D eigenvalue weighted by Crippen LogP contribution is 2.47. The minimum absolute atomic E-state index is 0.0348. The van der Waals surface area contributed by atoms with Crippen LogP contribution in [0.5, 0.6) is 0 Å². The number of nitrogens with one attached hydrogen (secondary N) is 1. The van der Waals surface area contributed by atoms with Gasteiger partial charge >= 0.3 is 5.97 Å². The molecule has 1 amide bonds. The molecule has 2 N–H and O–H groups in total. The molecule has 0 bridgehead atoms. The molecule has 2 fully saturated rings. The lowest BCUT2D eigenvalue weighted by molar-refractivity contribution is -0.144. The molecule has 0 aromatic carbocycles. The average molecular weight is 253 g/mol. The maximum atomic E-state index is 11.9. The predicted octanol–water partition coefficient (Wildman–Crippen LogP) is 2.18. The van der Waals surface area contributed by atoms with E-state index in [9.17, 15) is 9.59 Å². The number of carbonyl (C=O) groups is 2. The van der Waals surface area contributed by atoms with Gasteiger partial charge in [0.05, 0.1) is 5.92 Å². The molecule has 4 nitrogen and oxygen atoms in total. The number of carboxylic acid groups (broad SMARTS) is 1. The van der Waals surface area contributed by atoms with E-state index in [1.807, 2.05) is 0 Å². The molecule has 0 radical (unpaired) electrons. The number of hydrogen-bond acceptors (Lipinski definition) is 2. The molecule has 0 atom stereocenters. The zero-order chi connectivity index (χ0) is 13.2. The Morgan fingerprint density at radius 3 is 2.22 bits per heavy atom. The van der Waals surface area contributed by atoms with Gasteiger partial charge < -0.3 is 10.4 Å². The Balaban J connectivity index is 1.65. The number of aliphatic carboxylic acids is 1. The van der Waals surface area contributed by atoms with Crippen molar-refractivity contribution in [2.45, 2.75) is 51.9 Å². The van der Waals surface area contributed by atoms with Gasteiger partial charge in [0, 0.05) is 12.5 Å². The molecule has 0 aliphatic heterocycles. The number of rotatable bonds is 5. The molecular weight excluding hydrogens is 230 g/mol. The van der Waals surface area contributed by atoms with Crippen molar-refractivity contribution in [3.05, 3.63) is 0 Å². The van der Waals surface area contributed by atoms with Gasteiger partial charge in [0.15, 0.2) is 0 Å². The minimum Gasteiger partial charge on any atom is -0.481 e. The van der Waals surface area contributed by atoms with E-state index < -0.39 is 5.97 Å². The van der Waals surface area contributed by atoms with E-state index in [2.05, 4.69) is 12.2 Å². The van der Waals surface area contributed by atoms with Gasteiger partial charge in [-0.05, 0) is 50.4 Å². The van der Waals surface area contributed by atoms with Crippen LogP contribution in [0.25, 0.3) is 0 Å². The van der Waals surface area contributed by atoms with Gasteiger partial charge in [-0.2, -0.15) is 0 Å². The van der Waals surface area contributed by atoms with Crippen LogP contribution in [-0.4, -0.2) is 23.5 Å². The average Bonchev–Trinajstić information content (AvgIpc) is 3.07. The third-order valence-corrected chi connectivity index (χ3v) is 4.58. The zero-order valence-electron chi connectivity index (χ0n) is 11.1. The second kappa shape index (κ2) is 5.29. The Morgan fingerprint density at radius 1 is 1.17 bits per heavy atom. The van der Waals surface area contributed by atoms with Gasteiger partial charge in [0.2, 0.25) is 5.91 Å². The fourth-order valence-corrected chi connectivity index (χ4v) is 2.70. The van der Waals surface area contributed by atoms with Crippen LogP contribution in [0, 0.1) is 17.3 Å². The molecule has 0 saturated heterocycles. The van der Waals surface area contributed by atoms with Crippen LogP contribution in [0.15, 0.2) is 0 Å². The van der Waals surface area contributed by atoms with Crippen LogP contribution < -0.4 is 5.32 Å². The maximum Gasteiger partial charge on any atom is 0.306 e. The maximum absolute atomic E-state index is 11.9. The van der Waals surface area contributed by atoms with Gasteiger partial charge in [0.1, 0.15) is 0 Å². The van der Waals surface area contributed by atoms with E-state index in [-0.39, 0.29) is 17.7 Å². The molecule has 0 heterocycles. The van der Waals surface area contributed by atoms with Gasteiger partial charge in [-0.3, -0.25) is 9.59 Å². The number of amides is 1. The standard InChI is InChI=1S/C14H23NO3/c1-14(6-7-14)8-9-15-12(16)10-2-4-11(5-3-10)13(17)18/h10-11H,2-9H2,1H3,(H,15,16)(H,17,18). The molecule has 2 saturated carbocycles. The molecule has 18 heavy (non-hydrogen) atoms. The lowest BCUT2D eigenvalue weighted by Crippen LogP contribution is -2.35. The SMILES string of the molecule is CC1(CCNC(=O)C2CCC(C(=O)O)CC2)CC1. The van der Waals surface area contributed by atoms with Crippen LogP contribution in [-0.2, 0) is 9.59 Å². The highest BCUT2D eigenvalue weighted by molar-refractivity contribution is 5.79. The van der Waals surface area contributed by atoms with Gasteiger partial charge in [0.25, 0.3) is 0 Å². The normalized spacial score (nSPS) is 29.6. The summed E-state index contributed by atoms with van der Waals surface area (Å²) in [5.74, 6) is -0.786. The third-order valence-electron chi connectivity index (χ3n) is 4.58. The van der Waals surface area contributed by atoms with Crippen molar-refractivity contribution in [2.24, 2.45) is 17.3 Å². The molecular formula is C14H23NO3. The van der Waals surface area contributed by atoms with Crippen molar-refractivity contribution in [3.8, 4) is 0 Å². The van der Waals surface area contributed by atoms with E-state index in [0.29, 0.717) is 18.3 Å². The first kappa shape index (κ1) is 13.4. The molecule has 2 aliphatic carbocycles. The summed E-state index contributed by atoms with van der Waals surface area (Å²) in [4.78, 5) is 22.7. The molecule has 0 aromatic heterocycles. The fraction of sp³-hybridized carbons (Fsp3) is 0.857. The van der Waals surface area contributed by atoms with E-state index in [4.69, 9.17) is 5.11 Å². The number of hydrogen-bond donors (Lipinski definition) is 2. The molecule has 2 aliphatic rings. The highest BCUT2D eigenvalue weighted by atomic mass is 16.4. The summed E-state index contributed by atoms with van der Waals surface area (Å²) in [5.41, 5.74) is 0.480. The summed E-state index contributed by atoms with van der Waals surface area (Å²) in [6.07, 6.45) is 6.37. The van der Waals surface area contributed by atoms with E-state index in [1.54, 1.807) is 0 Å². The predicted molar refractivity (Wildman–Crippen MR) is 68.1 cm³/mol. The lowest BCUT2D eigenvalue weighted by atomic mass is 9.81. The van der Waals surface area contributed by atoms with Crippen molar-refractivity contribution >= 4 is 11.9 Å². The molecule has 102 valence electrons. The summed E-state index contributed by atoms with van der Waals surface area (Å²) in [5, 5.41) is 11.9. The van der Waals surface area contributed by atoms with Gasteiger partial charge in [-0.15, -0.1) is 0 Å². The second-order valence-electron chi connectivity index (χ2n) is 6.24. The fourth-order valence-electron chi connectivity index (χ4n) is 2.70. The van der Waals surface area contributed by atoms with Crippen molar-refractivity contribution in [3.63, 3.8) is 0 Å². The van der Waals surface area contributed by atoms with Crippen molar-refractivity contribution < 1.29 is 14.7 Å². The number of carbonyl (C=O) groups excluding carboxylic acids is 1. The largest absolute Gasteiger partial charge is 0.481 e. The summed E-state index contributed by atoms with van der Waals surface area (Å²) in [7, 11) is 0. The van der Waals surface area contributed by atoms with Crippen LogP contribution in [0.1, 0.15) is 51.9 Å². The Labute approximate surface area is 108 Å². The zero-order valence-corrected chi connectivity index (χ0v) is 11.1. The van der Waals surface area contributed by atoms with Crippen LogP contribution in [0.2, 0.25) is 0 Å². The third kappa shape index (κ3) is 3.47. The topological polar surface area (TPSA) is 66.4 Å². The monoisotopic (exact) mass is 253 g/mol. The van der Waals surface area contributed by atoms with Crippen molar-refractivity contribution in [1.29, 1.82) is 0 Å². The second-order valence-corrected chi connectivity index (χ2v) is 6.24. The molecule has 0 unspecified atom stereocenters. The summed E-state index contributed by atoms with van der Waals surface area (Å²) in [6, 6.07) is 0. The molecule has 2 rings (SSSR count).